The Kier molecular flexibility index (Phi) is 5.66. The molecule has 2 N–H and O–H groups in total. The number of nitrogens with one attached hydrogen (secondary N) is 2. The smallest absolute Gasteiger partial charge is 0.259 e. The Balaban J connectivity index is 1.44. The van der Waals surface area contributed by atoms with E-state index in [-0.39, 0.29) is 11.8 Å². The Labute approximate surface area is 177 Å². The number of piperazine rings is 1. The lowest BCUT2D eigenvalue weighted by molar-refractivity contribution is 0.0664. The van der Waals surface area contributed by atoms with Crippen LogP contribution in [0, 0.1) is 0 Å². The molecule has 29 heavy (non-hydrogen) atoms. The molecule has 3 aromatic rings. The SMILES string of the molecule is CN1CCN(C(=O)c2ccc(NC(=O)c3cn[nH]c3-c3ccc(Cl)s3)cc2)CC1. The zero-order valence-electron chi connectivity index (χ0n) is 15.8. The van der Waals surface area contributed by atoms with E-state index in [1.807, 2.05) is 11.0 Å². The fraction of sp³-hybridized carbons (Fsp3) is 0.250. The third-order valence-electron chi connectivity index (χ3n) is 4.88. The van der Waals surface area contributed by atoms with E-state index in [2.05, 4.69) is 27.5 Å². The molecule has 1 aliphatic heterocycles. The van der Waals surface area contributed by atoms with Gasteiger partial charge in [0.2, 0.25) is 0 Å². The number of rotatable bonds is 4. The summed E-state index contributed by atoms with van der Waals surface area (Å²) in [6.45, 7) is 3.21. The molecule has 4 rings (SSSR count). The summed E-state index contributed by atoms with van der Waals surface area (Å²) in [4.78, 5) is 30.2. The van der Waals surface area contributed by atoms with Gasteiger partial charge in [0.1, 0.15) is 0 Å². The van der Waals surface area contributed by atoms with Crippen LogP contribution in [0.25, 0.3) is 10.6 Å². The molecule has 0 bridgehead atoms. The summed E-state index contributed by atoms with van der Waals surface area (Å²) in [5, 5.41) is 9.70. The summed E-state index contributed by atoms with van der Waals surface area (Å²) >= 11 is 7.36. The number of thiophene rings is 1. The lowest BCUT2D eigenvalue weighted by Crippen LogP contribution is -2.47. The van der Waals surface area contributed by atoms with Crippen LogP contribution in [0.15, 0.2) is 42.6 Å². The number of halogens is 1. The van der Waals surface area contributed by atoms with Crippen molar-refractivity contribution in [3.63, 3.8) is 0 Å². The van der Waals surface area contributed by atoms with Crippen molar-refractivity contribution >= 4 is 40.4 Å². The maximum Gasteiger partial charge on any atom is 0.259 e. The van der Waals surface area contributed by atoms with Crippen molar-refractivity contribution in [2.45, 2.75) is 0 Å². The highest BCUT2D eigenvalue weighted by Crippen LogP contribution is 2.32. The van der Waals surface area contributed by atoms with E-state index in [9.17, 15) is 9.59 Å². The number of H-pyrrole nitrogens is 1. The van der Waals surface area contributed by atoms with Gasteiger partial charge in [0.15, 0.2) is 0 Å². The van der Waals surface area contributed by atoms with Crippen molar-refractivity contribution in [3.8, 4) is 10.6 Å². The molecular formula is C20H20ClN5O2S. The van der Waals surface area contributed by atoms with E-state index in [1.165, 1.54) is 17.5 Å². The summed E-state index contributed by atoms with van der Waals surface area (Å²) in [6, 6.07) is 10.6. The topological polar surface area (TPSA) is 81.3 Å². The molecular weight excluding hydrogens is 410 g/mol. The second-order valence-electron chi connectivity index (χ2n) is 6.89. The quantitative estimate of drug-likeness (QED) is 0.665. The number of carbonyl (C=O) groups is 2. The number of hydrogen-bond donors (Lipinski definition) is 2. The average Bonchev–Trinajstić information content (AvgIpc) is 3.37. The number of amides is 2. The van der Waals surface area contributed by atoms with Crippen LogP contribution in [-0.2, 0) is 0 Å². The molecule has 0 aliphatic carbocycles. The third-order valence-corrected chi connectivity index (χ3v) is 6.13. The van der Waals surface area contributed by atoms with Gasteiger partial charge in [-0.15, -0.1) is 11.3 Å². The first-order valence-corrected chi connectivity index (χ1v) is 10.4. The van der Waals surface area contributed by atoms with E-state index in [4.69, 9.17) is 11.6 Å². The summed E-state index contributed by atoms with van der Waals surface area (Å²) in [5.41, 5.74) is 2.29. The Morgan fingerprint density at radius 1 is 1.10 bits per heavy atom. The van der Waals surface area contributed by atoms with Crippen molar-refractivity contribution in [3.05, 3.63) is 58.1 Å². The van der Waals surface area contributed by atoms with Gasteiger partial charge in [0.05, 0.1) is 26.7 Å². The first kappa shape index (κ1) is 19.6. The molecule has 1 saturated heterocycles. The van der Waals surface area contributed by atoms with Gasteiger partial charge < -0.3 is 15.1 Å². The van der Waals surface area contributed by atoms with Crippen molar-refractivity contribution in [2.75, 3.05) is 38.5 Å². The largest absolute Gasteiger partial charge is 0.336 e. The lowest BCUT2D eigenvalue weighted by atomic mass is 10.1. The van der Waals surface area contributed by atoms with E-state index in [0.29, 0.717) is 26.8 Å². The third kappa shape index (κ3) is 4.34. The fourth-order valence-electron chi connectivity index (χ4n) is 3.18. The summed E-state index contributed by atoms with van der Waals surface area (Å²) in [7, 11) is 2.05. The second-order valence-corrected chi connectivity index (χ2v) is 8.60. The number of aromatic nitrogens is 2. The molecule has 1 aliphatic rings. The Morgan fingerprint density at radius 2 is 1.83 bits per heavy atom. The van der Waals surface area contributed by atoms with Gasteiger partial charge in [-0.2, -0.15) is 5.10 Å². The number of likely N-dealkylation sites (N-methyl/N-ethyl adjacent to an activating group) is 1. The minimum absolute atomic E-state index is 0.0164. The predicted octanol–water partition coefficient (Wildman–Crippen LogP) is 3.43. The highest BCUT2D eigenvalue weighted by Gasteiger charge is 2.21. The summed E-state index contributed by atoms with van der Waals surface area (Å²) in [6.07, 6.45) is 1.49. The maximum atomic E-state index is 12.7. The first-order valence-electron chi connectivity index (χ1n) is 9.19. The van der Waals surface area contributed by atoms with Gasteiger partial charge in [-0.1, -0.05) is 11.6 Å². The Bertz CT molecular complexity index is 1020. The predicted molar refractivity (Wildman–Crippen MR) is 115 cm³/mol. The van der Waals surface area contributed by atoms with Gasteiger partial charge in [-0.05, 0) is 43.4 Å². The van der Waals surface area contributed by atoms with Crippen LogP contribution >= 0.6 is 22.9 Å². The maximum absolute atomic E-state index is 12.7. The number of nitrogens with zero attached hydrogens (tertiary/aromatic N) is 3. The molecule has 2 aromatic heterocycles. The van der Waals surface area contributed by atoms with Gasteiger partial charge in [0, 0.05) is 37.4 Å². The second kappa shape index (κ2) is 8.36. The molecule has 3 heterocycles. The molecule has 1 fully saturated rings. The van der Waals surface area contributed by atoms with Gasteiger partial charge in [0.25, 0.3) is 11.8 Å². The molecule has 1 aromatic carbocycles. The summed E-state index contributed by atoms with van der Waals surface area (Å²) in [5.74, 6) is -0.265. The number of anilines is 1. The van der Waals surface area contributed by atoms with Crippen LogP contribution in [0.5, 0.6) is 0 Å². The Morgan fingerprint density at radius 3 is 2.48 bits per heavy atom. The highest BCUT2D eigenvalue weighted by molar-refractivity contribution is 7.19. The van der Waals surface area contributed by atoms with Crippen LogP contribution in [-0.4, -0.2) is 65.0 Å². The molecule has 150 valence electrons. The first-order chi connectivity index (χ1) is 14.0. The molecule has 0 radical (unpaired) electrons. The van der Waals surface area contributed by atoms with Crippen LogP contribution in [0.2, 0.25) is 4.34 Å². The fourth-order valence-corrected chi connectivity index (χ4v) is 4.23. The molecule has 0 atom stereocenters. The van der Waals surface area contributed by atoms with Gasteiger partial charge >= 0.3 is 0 Å². The van der Waals surface area contributed by atoms with E-state index in [0.717, 1.165) is 31.1 Å². The minimum atomic E-state index is -0.281. The summed E-state index contributed by atoms with van der Waals surface area (Å²) < 4.78 is 0.640. The molecule has 0 unspecified atom stereocenters. The molecule has 9 heteroatoms. The average molecular weight is 430 g/mol. The van der Waals surface area contributed by atoms with Crippen molar-refractivity contribution in [2.24, 2.45) is 0 Å². The van der Waals surface area contributed by atoms with Gasteiger partial charge in [-0.3, -0.25) is 14.7 Å². The lowest BCUT2D eigenvalue weighted by Gasteiger charge is -2.32. The molecule has 0 saturated carbocycles. The van der Waals surface area contributed by atoms with E-state index >= 15 is 0 Å². The zero-order chi connectivity index (χ0) is 20.4. The molecule has 0 spiro atoms. The molecule has 2 amide bonds. The normalized spacial score (nSPS) is 14.8. The number of carbonyl (C=O) groups excluding carboxylic acids is 2. The molecule has 7 nitrogen and oxygen atoms in total. The Hall–Kier alpha value is -2.68. The van der Waals surface area contributed by atoms with Crippen LogP contribution in [0.3, 0.4) is 0 Å². The number of aromatic amines is 1. The van der Waals surface area contributed by atoms with E-state index in [1.54, 1.807) is 30.3 Å². The number of benzene rings is 1. The standard InChI is InChI=1S/C20H20ClN5O2S/c1-25-8-10-26(11-9-25)20(28)13-2-4-14(5-3-13)23-19(27)15-12-22-24-18(15)16-6-7-17(21)29-16/h2-7,12H,8-11H2,1H3,(H,22,24)(H,23,27). The van der Waals surface area contributed by atoms with Crippen molar-refractivity contribution < 1.29 is 9.59 Å². The van der Waals surface area contributed by atoms with E-state index < -0.39 is 0 Å². The highest BCUT2D eigenvalue weighted by atomic mass is 35.5. The van der Waals surface area contributed by atoms with Crippen LogP contribution in [0.4, 0.5) is 5.69 Å². The number of hydrogen-bond acceptors (Lipinski definition) is 5. The van der Waals surface area contributed by atoms with Crippen molar-refractivity contribution in [1.82, 2.24) is 20.0 Å². The zero-order valence-corrected chi connectivity index (χ0v) is 17.4. The minimum Gasteiger partial charge on any atom is -0.336 e. The van der Waals surface area contributed by atoms with Gasteiger partial charge in [-0.25, -0.2) is 0 Å². The van der Waals surface area contributed by atoms with Crippen LogP contribution in [0.1, 0.15) is 20.7 Å². The van der Waals surface area contributed by atoms with Crippen LogP contribution < -0.4 is 5.32 Å². The monoisotopic (exact) mass is 429 g/mol. The van der Waals surface area contributed by atoms with Crippen molar-refractivity contribution in [1.29, 1.82) is 0 Å².